The molecule has 2 aromatic rings. The van der Waals surface area contributed by atoms with Crippen LogP contribution in [0.25, 0.3) is 0 Å². The van der Waals surface area contributed by atoms with E-state index < -0.39 is 11.9 Å². The van der Waals surface area contributed by atoms with Gasteiger partial charge in [-0.25, -0.2) is 4.79 Å². The Morgan fingerprint density at radius 3 is 2.00 bits per heavy atom. The number of hydrogen-bond acceptors (Lipinski definition) is 4. The van der Waals surface area contributed by atoms with E-state index in [1.54, 1.807) is 0 Å². The van der Waals surface area contributed by atoms with Crippen LogP contribution in [0.2, 0.25) is 0 Å². The van der Waals surface area contributed by atoms with Gasteiger partial charge >= 0.3 is 5.97 Å². The minimum atomic E-state index is -1.04. The Morgan fingerprint density at radius 2 is 1.45 bits per heavy atom. The van der Waals surface area contributed by atoms with Gasteiger partial charge in [0, 0.05) is 11.3 Å². The number of benzene rings is 2. The van der Waals surface area contributed by atoms with Crippen molar-refractivity contribution < 1.29 is 19.9 Å². The zero-order valence-corrected chi connectivity index (χ0v) is 17.1. The summed E-state index contributed by atoms with van der Waals surface area (Å²) in [6.45, 7) is 8.81. The molecule has 6 nitrogen and oxygen atoms in total. The molecule has 1 aliphatic rings. The van der Waals surface area contributed by atoms with Crippen LogP contribution in [0.1, 0.15) is 67.6 Å². The molecule has 2 aromatic carbocycles. The summed E-state index contributed by atoms with van der Waals surface area (Å²) in [5.74, 6) is -1.61. The number of carboxylic acid groups (broad SMARTS) is 1. The Hall–Kier alpha value is -3.15. The second-order valence-electron chi connectivity index (χ2n) is 8.81. The predicted molar refractivity (Wildman–Crippen MR) is 112 cm³/mol. The maximum Gasteiger partial charge on any atom is 0.335 e. The van der Waals surface area contributed by atoms with Gasteiger partial charge in [0.2, 0.25) is 0 Å². The zero-order chi connectivity index (χ0) is 21.4. The zero-order valence-electron chi connectivity index (χ0n) is 17.1. The molecule has 0 aromatic heterocycles. The summed E-state index contributed by atoms with van der Waals surface area (Å²) in [5, 5.41) is 24.4. The first-order valence-electron chi connectivity index (χ1n) is 9.57. The molecular weight excluding hydrogens is 368 g/mol. The van der Waals surface area contributed by atoms with E-state index in [-0.39, 0.29) is 22.1 Å². The fourth-order valence-corrected chi connectivity index (χ4v) is 3.86. The number of oxime groups is 1. The van der Waals surface area contributed by atoms with Crippen LogP contribution in [-0.4, -0.2) is 27.9 Å². The number of carbonyl (C=O) groups excluding carboxylic acids is 1. The molecule has 152 valence electrons. The molecule has 0 unspecified atom stereocenters. The van der Waals surface area contributed by atoms with E-state index in [0.29, 0.717) is 11.3 Å². The van der Waals surface area contributed by atoms with Crippen molar-refractivity contribution in [3.8, 4) is 0 Å². The summed E-state index contributed by atoms with van der Waals surface area (Å²) < 4.78 is 0. The molecule has 0 spiro atoms. The number of rotatable bonds is 4. The SMILES string of the molecule is CC1(C)CCC(C)(C)c2cc(/C(=N\O)C(=O)Nc3ccc(C(=O)O)cc3)ccc21. The Labute approximate surface area is 170 Å². The van der Waals surface area contributed by atoms with Gasteiger partial charge in [-0.05, 0) is 65.1 Å². The van der Waals surface area contributed by atoms with E-state index in [1.807, 2.05) is 18.2 Å². The van der Waals surface area contributed by atoms with Crippen LogP contribution in [0, 0.1) is 0 Å². The van der Waals surface area contributed by atoms with Crippen molar-refractivity contribution in [3.05, 3.63) is 64.7 Å². The summed E-state index contributed by atoms with van der Waals surface area (Å²) >= 11 is 0. The van der Waals surface area contributed by atoms with Crippen molar-refractivity contribution >= 4 is 23.3 Å². The first-order chi connectivity index (χ1) is 13.5. The Balaban J connectivity index is 1.90. The highest BCUT2D eigenvalue weighted by Crippen LogP contribution is 2.45. The molecule has 0 fully saturated rings. The molecule has 0 saturated heterocycles. The maximum absolute atomic E-state index is 12.7. The van der Waals surface area contributed by atoms with Gasteiger partial charge in [0.05, 0.1) is 5.56 Å². The van der Waals surface area contributed by atoms with Crippen LogP contribution in [0.15, 0.2) is 47.6 Å². The topological polar surface area (TPSA) is 99.0 Å². The van der Waals surface area contributed by atoms with Gasteiger partial charge in [-0.15, -0.1) is 0 Å². The van der Waals surface area contributed by atoms with Crippen LogP contribution in [0.5, 0.6) is 0 Å². The molecule has 0 bridgehead atoms. The highest BCUT2D eigenvalue weighted by Gasteiger charge is 2.37. The van der Waals surface area contributed by atoms with Crippen molar-refractivity contribution in [3.63, 3.8) is 0 Å². The number of anilines is 1. The first-order valence-corrected chi connectivity index (χ1v) is 9.57. The lowest BCUT2D eigenvalue weighted by Crippen LogP contribution is -2.34. The number of carboxylic acids is 1. The smallest absolute Gasteiger partial charge is 0.335 e. The molecule has 29 heavy (non-hydrogen) atoms. The van der Waals surface area contributed by atoms with Crippen molar-refractivity contribution in [2.24, 2.45) is 5.16 Å². The molecule has 1 aliphatic carbocycles. The normalized spacial score (nSPS) is 17.3. The third kappa shape index (κ3) is 4.01. The quantitative estimate of drug-likeness (QED) is 0.402. The number of nitrogens with zero attached hydrogens (tertiary/aromatic N) is 1. The minimum absolute atomic E-state index is 0.0371. The lowest BCUT2D eigenvalue weighted by molar-refractivity contribution is -0.110. The Bertz CT molecular complexity index is 988. The third-order valence-corrected chi connectivity index (χ3v) is 5.83. The molecule has 0 aliphatic heterocycles. The summed E-state index contributed by atoms with van der Waals surface area (Å²) in [6.07, 6.45) is 2.12. The maximum atomic E-state index is 12.7. The second kappa shape index (κ2) is 7.35. The highest BCUT2D eigenvalue weighted by molar-refractivity contribution is 6.48. The number of aromatic carboxylic acids is 1. The van der Waals surface area contributed by atoms with Gasteiger partial charge in [-0.2, -0.15) is 0 Å². The summed E-state index contributed by atoms with van der Waals surface area (Å²) in [4.78, 5) is 23.7. The molecule has 0 saturated carbocycles. The Kier molecular flexibility index (Phi) is 5.22. The van der Waals surface area contributed by atoms with Gasteiger partial charge < -0.3 is 15.6 Å². The number of hydrogen-bond donors (Lipinski definition) is 3. The molecule has 3 N–H and O–H groups in total. The summed E-state index contributed by atoms with van der Waals surface area (Å²) in [7, 11) is 0. The van der Waals surface area contributed by atoms with Crippen molar-refractivity contribution in [1.29, 1.82) is 0 Å². The molecule has 1 amide bonds. The second-order valence-corrected chi connectivity index (χ2v) is 8.81. The van der Waals surface area contributed by atoms with Crippen LogP contribution in [-0.2, 0) is 15.6 Å². The van der Waals surface area contributed by atoms with E-state index in [2.05, 4.69) is 38.2 Å². The van der Waals surface area contributed by atoms with Gasteiger partial charge in [-0.3, -0.25) is 4.79 Å². The number of amides is 1. The van der Waals surface area contributed by atoms with Crippen molar-refractivity contribution in [2.75, 3.05) is 5.32 Å². The van der Waals surface area contributed by atoms with Crippen molar-refractivity contribution in [2.45, 2.75) is 51.4 Å². The summed E-state index contributed by atoms with van der Waals surface area (Å²) in [5.41, 5.74) is 3.41. The van der Waals surface area contributed by atoms with E-state index in [4.69, 9.17) is 5.11 Å². The Morgan fingerprint density at radius 1 is 0.897 bits per heavy atom. The molecular formula is C23H26N2O4. The van der Waals surface area contributed by atoms with E-state index >= 15 is 0 Å². The van der Waals surface area contributed by atoms with Gasteiger partial charge in [0.15, 0.2) is 5.71 Å². The van der Waals surface area contributed by atoms with Crippen LogP contribution < -0.4 is 5.32 Å². The van der Waals surface area contributed by atoms with Crippen LogP contribution >= 0.6 is 0 Å². The lowest BCUT2D eigenvalue weighted by atomic mass is 9.63. The lowest BCUT2D eigenvalue weighted by Gasteiger charge is -2.42. The third-order valence-electron chi connectivity index (χ3n) is 5.83. The average molecular weight is 394 g/mol. The van der Waals surface area contributed by atoms with Crippen LogP contribution in [0.3, 0.4) is 0 Å². The fourth-order valence-electron chi connectivity index (χ4n) is 3.86. The largest absolute Gasteiger partial charge is 0.478 e. The highest BCUT2D eigenvalue weighted by atomic mass is 16.4. The van der Waals surface area contributed by atoms with Gasteiger partial charge in [-0.1, -0.05) is 45.0 Å². The fraction of sp³-hybridized carbons (Fsp3) is 0.348. The van der Waals surface area contributed by atoms with E-state index in [9.17, 15) is 14.8 Å². The first kappa shape index (κ1) is 20.6. The monoisotopic (exact) mass is 394 g/mol. The average Bonchev–Trinajstić information content (AvgIpc) is 2.66. The predicted octanol–water partition coefficient (Wildman–Crippen LogP) is 4.55. The molecule has 0 radical (unpaired) electrons. The number of carbonyl (C=O) groups is 2. The molecule has 6 heteroatoms. The van der Waals surface area contributed by atoms with Gasteiger partial charge in [0.25, 0.3) is 5.91 Å². The van der Waals surface area contributed by atoms with E-state index in [1.165, 1.54) is 29.8 Å². The summed E-state index contributed by atoms with van der Waals surface area (Å²) in [6, 6.07) is 11.6. The van der Waals surface area contributed by atoms with Crippen molar-refractivity contribution in [1.82, 2.24) is 0 Å². The molecule has 0 atom stereocenters. The standard InChI is InChI=1S/C23H26N2O4/c1-22(2)11-12-23(3,4)18-13-15(7-10-17(18)22)19(25-29)20(26)24-16-8-5-14(6-9-16)21(27)28/h5-10,13,29H,11-12H2,1-4H3,(H,24,26)(H,27,28)/b25-19+. The molecule has 0 heterocycles. The number of nitrogens with one attached hydrogen (secondary N) is 1. The van der Waals surface area contributed by atoms with E-state index in [0.717, 1.165) is 18.4 Å². The minimum Gasteiger partial charge on any atom is -0.478 e. The van der Waals surface area contributed by atoms with Crippen LogP contribution in [0.4, 0.5) is 5.69 Å². The molecule has 3 rings (SSSR count). The van der Waals surface area contributed by atoms with Gasteiger partial charge in [0.1, 0.15) is 0 Å². The number of fused-ring (bicyclic) bond motifs is 1.